The topological polar surface area (TPSA) is 58.2 Å². The van der Waals surface area contributed by atoms with Gasteiger partial charge in [-0.3, -0.25) is 4.72 Å². The number of nitrogens with one attached hydrogen (secondary N) is 2. The van der Waals surface area contributed by atoms with Crippen LogP contribution in [0.4, 0.5) is 11.4 Å². The molecule has 0 saturated carbocycles. The van der Waals surface area contributed by atoms with Gasteiger partial charge in [-0.15, -0.1) is 0 Å². The van der Waals surface area contributed by atoms with Crippen molar-refractivity contribution in [2.24, 2.45) is 0 Å². The number of benzene rings is 2. The summed E-state index contributed by atoms with van der Waals surface area (Å²) >= 11 is 3.30. The predicted octanol–water partition coefficient (Wildman–Crippen LogP) is 3.61. The van der Waals surface area contributed by atoms with Gasteiger partial charge in [-0.05, 0) is 48.7 Å². The lowest BCUT2D eigenvalue weighted by Gasteiger charge is -2.21. The van der Waals surface area contributed by atoms with Crippen molar-refractivity contribution >= 4 is 37.3 Å². The largest absolute Gasteiger partial charge is 0.383 e. The number of hydrogen-bond acceptors (Lipinski definition) is 3. The normalized spacial score (nSPS) is 14.1. The van der Waals surface area contributed by atoms with Crippen molar-refractivity contribution in [3.63, 3.8) is 0 Å². The Morgan fingerprint density at radius 2 is 1.86 bits per heavy atom. The number of sulfonamides is 1. The summed E-state index contributed by atoms with van der Waals surface area (Å²) in [6.45, 7) is 0.865. The van der Waals surface area contributed by atoms with E-state index in [1.807, 2.05) is 12.1 Å². The fourth-order valence-corrected chi connectivity index (χ4v) is 3.75. The lowest BCUT2D eigenvalue weighted by molar-refractivity contribution is 0.601. The molecule has 2 aromatic rings. The maximum Gasteiger partial charge on any atom is 0.261 e. The SMILES string of the molecule is O=S(=O)(Nc1cccc2c1NCCC2)c1ccc(Br)cc1. The number of fused-ring (bicyclic) bond motifs is 1. The maximum atomic E-state index is 12.4. The van der Waals surface area contributed by atoms with Crippen LogP contribution in [0.1, 0.15) is 12.0 Å². The summed E-state index contributed by atoms with van der Waals surface area (Å²) in [6.07, 6.45) is 2.03. The Labute approximate surface area is 132 Å². The highest BCUT2D eigenvalue weighted by Crippen LogP contribution is 2.31. The first kappa shape index (κ1) is 14.4. The molecule has 21 heavy (non-hydrogen) atoms. The van der Waals surface area contributed by atoms with E-state index in [0.29, 0.717) is 5.69 Å². The molecule has 3 rings (SSSR count). The van der Waals surface area contributed by atoms with Crippen LogP contribution in [0.5, 0.6) is 0 Å². The second kappa shape index (κ2) is 5.69. The van der Waals surface area contributed by atoms with Gasteiger partial charge in [-0.1, -0.05) is 28.1 Å². The van der Waals surface area contributed by atoms with Gasteiger partial charge in [-0.25, -0.2) is 8.42 Å². The molecule has 0 atom stereocenters. The van der Waals surface area contributed by atoms with Gasteiger partial charge >= 0.3 is 0 Å². The number of hydrogen-bond donors (Lipinski definition) is 2. The smallest absolute Gasteiger partial charge is 0.261 e. The van der Waals surface area contributed by atoms with E-state index in [1.54, 1.807) is 30.3 Å². The molecule has 4 nitrogen and oxygen atoms in total. The van der Waals surface area contributed by atoms with Crippen LogP contribution in [-0.2, 0) is 16.4 Å². The van der Waals surface area contributed by atoms with Crippen LogP contribution in [0.2, 0.25) is 0 Å². The molecule has 0 aromatic heterocycles. The highest BCUT2D eigenvalue weighted by Gasteiger charge is 2.18. The third-order valence-corrected chi connectivity index (χ3v) is 5.35. The van der Waals surface area contributed by atoms with Gasteiger partial charge in [0, 0.05) is 11.0 Å². The van der Waals surface area contributed by atoms with Gasteiger partial charge < -0.3 is 5.32 Å². The number of anilines is 2. The standard InChI is InChI=1S/C15H15BrN2O2S/c16-12-6-8-13(9-7-12)21(19,20)18-14-5-1-3-11-4-2-10-17-15(11)14/h1,3,5-9,17-18H,2,4,10H2. The van der Waals surface area contributed by atoms with Crippen molar-refractivity contribution in [3.05, 3.63) is 52.5 Å². The van der Waals surface area contributed by atoms with E-state index >= 15 is 0 Å². The molecule has 6 heteroatoms. The van der Waals surface area contributed by atoms with Crippen LogP contribution in [0.25, 0.3) is 0 Å². The molecule has 110 valence electrons. The highest BCUT2D eigenvalue weighted by atomic mass is 79.9. The zero-order valence-electron chi connectivity index (χ0n) is 11.3. The highest BCUT2D eigenvalue weighted by molar-refractivity contribution is 9.10. The van der Waals surface area contributed by atoms with Gasteiger partial charge in [0.05, 0.1) is 16.3 Å². The zero-order valence-corrected chi connectivity index (χ0v) is 13.7. The number of halogens is 1. The Morgan fingerprint density at radius 1 is 1.10 bits per heavy atom. The minimum atomic E-state index is -3.57. The predicted molar refractivity (Wildman–Crippen MR) is 88.2 cm³/mol. The molecule has 0 amide bonds. The van der Waals surface area contributed by atoms with Crippen molar-refractivity contribution in [2.45, 2.75) is 17.7 Å². The Kier molecular flexibility index (Phi) is 3.91. The van der Waals surface area contributed by atoms with Crippen LogP contribution >= 0.6 is 15.9 Å². The molecule has 2 aromatic carbocycles. The van der Waals surface area contributed by atoms with Gasteiger partial charge in [0.2, 0.25) is 0 Å². The van der Waals surface area contributed by atoms with Gasteiger partial charge in [0.15, 0.2) is 0 Å². The molecule has 0 radical (unpaired) electrons. The molecule has 1 aliphatic rings. The average molecular weight is 367 g/mol. The van der Waals surface area contributed by atoms with Gasteiger partial charge in [0.25, 0.3) is 10.0 Å². The van der Waals surface area contributed by atoms with Crippen LogP contribution in [0.15, 0.2) is 51.8 Å². The molecule has 2 N–H and O–H groups in total. The summed E-state index contributed by atoms with van der Waals surface area (Å²) in [5.74, 6) is 0. The Hall–Kier alpha value is -1.53. The molecular formula is C15H15BrN2O2S. The van der Waals surface area contributed by atoms with Crippen molar-refractivity contribution in [3.8, 4) is 0 Å². The number of aryl methyl sites for hydroxylation is 1. The summed E-state index contributed by atoms with van der Waals surface area (Å²) in [6, 6.07) is 12.3. The second-order valence-electron chi connectivity index (χ2n) is 4.93. The van der Waals surface area contributed by atoms with Crippen molar-refractivity contribution in [1.29, 1.82) is 0 Å². The molecule has 1 aliphatic heterocycles. The van der Waals surface area contributed by atoms with Gasteiger partial charge in [-0.2, -0.15) is 0 Å². The first-order valence-electron chi connectivity index (χ1n) is 6.70. The minimum Gasteiger partial charge on any atom is -0.383 e. The fraction of sp³-hybridized carbons (Fsp3) is 0.200. The monoisotopic (exact) mass is 366 g/mol. The fourth-order valence-electron chi connectivity index (χ4n) is 2.41. The van der Waals surface area contributed by atoms with Crippen LogP contribution in [-0.4, -0.2) is 15.0 Å². The first-order valence-corrected chi connectivity index (χ1v) is 8.98. The zero-order chi connectivity index (χ0) is 14.9. The summed E-state index contributed by atoms with van der Waals surface area (Å²) in [5.41, 5.74) is 2.65. The van der Waals surface area contributed by atoms with Crippen LogP contribution < -0.4 is 10.0 Å². The van der Waals surface area contributed by atoms with E-state index in [0.717, 1.165) is 35.1 Å². The van der Waals surface area contributed by atoms with Gasteiger partial charge in [0.1, 0.15) is 0 Å². The molecule has 0 aliphatic carbocycles. The van der Waals surface area contributed by atoms with E-state index < -0.39 is 10.0 Å². The third-order valence-electron chi connectivity index (χ3n) is 3.44. The quantitative estimate of drug-likeness (QED) is 0.872. The van der Waals surface area contributed by atoms with E-state index in [-0.39, 0.29) is 4.90 Å². The minimum absolute atomic E-state index is 0.249. The molecule has 0 spiro atoms. The summed E-state index contributed by atoms with van der Waals surface area (Å²) in [5, 5.41) is 3.28. The van der Waals surface area contributed by atoms with E-state index in [1.165, 1.54) is 0 Å². The summed E-state index contributed by atoms with van der Waals surface area (Å²) < 4.78 is 28.4. The van der Waals surface area contributed by atoms with Crippen molar-refractivity contribution < 1.29 is 8.42 Å². The molecule has 0 fully saturated rings. The van der Waals surface area contributed by atoms with E-state index in [4.69, 9.17) is 0 Å². The summed E-state index contributed by atoms with van der Waals surface area (Å²) in [4.78, 5) is 0.249. The molecule has 0 unspecified atom stereocenters. The van der Waals surface area contributed by atoms with Crippen LogP contribution in [0.3, 0.4) is 0 Å². The Bertz CT molecular complexity index is 758. The number of rotatable bonds is 3. The Balaban J connectivity index is 1.94. The van der Waals surface area contributed by atoms with Crippen molar-refractivity contribution in [2.75, 3.05) is 16.6 Å². The summed E-state index contributed by atoms with van der Waals surface area (Å²) in [7, 11) is -3.57. The number of para-hydroxylation sites is 1. The van der Waals surface area contributed by atoms with Crippen molar-refractivity contribution in [1.82, 2.24) is 0 Å². The van der Waals surface area contributed by atoms with Crippen LogP contribution in [0, 0.1) is 0 Å². The maximum absolute atomic E-state index is 12.4. The average Bonchev–Trinajstić information content (AvgIpc) is 2.48. The molecule has 1 heterocycles. The lowest BCUT2D eigenvalue weighted by Crippen LogP contribution is -2.18. The molecule has 0 saturated heterocycles. The lowest BCUT2D eigenvalue weighted by atomic mass is 10.0. The first-order chi connectivity index (χ1) is 10.1. The van der Waals surface area contributed by atoms with E-state index in [2.05, 4.69) is 26.0 Å². The Morgan fingerprint density at radius 3 is 2.62 bits per heavy atom. The van der Waals surface area contributed by atoms with E-state index in [9.17, 15) is 8.42 Å². The third kappa shape index (κ3) is 3.06. The molecule has 0 bridgehead atoms. The second-order valence-corrected chi connectivity index (χ2v) is 7.53. The molecular weight excluding hydrogens is 352 g/mol.